The van der Waals surface area contributed by atoms with Crippen molar-refractivity contribution in [2.75, 3.05) is 13.1 Å². The third kappa shape index (κ3) is 10.7. The number of carbonyl (C=O) groups excluding carboxylic acids is 5. The average Bonchev–Trinajstić information content (AvgIpc) is 3.56. The van der Waals surface area contributed by atoms with Crippen molar-refractivity contribution in [3.63, 3.8) is 0 Å². The van der Waals surface area contributed by atoms with E-state index in [1.54, 1.807) is 36.1 Å². The quantitative estimate of drug-likeness (QED) is 0.287. The van der Waals surface area contributed by atoms with Gasteiger partial charge in [0.1, 0.15) is 31.0 Å². The highest BCUT2D eigenvalue weighted by molar-refractivity contribution is 5.99. The summed E-state index contributed by atoms with van der Waals surface area (Å²) in [6.07, 6.45) is 3.10. The highest BCUT2D eigenvalue weighted by Gasteiger charge is 2.29. The lowest BCUT2D eigenvalue weighted by molar-refractivity contribution is -0.133. The molecule has 0 radical (unpaired) electrons. The summed E-state index contributed by atoms with van der Waals surface area (Å²) < 4.78 is 1.35. The first-order chi connectivity index (χ1) is 22.6. The minimum atomic E-state index is -0.985. The number of hydrogen-bond donors (Lipinski definition) is 4. The van der Waals surface area contributed by atoms with Crippen LogP contribution >= 0.6 is 0 Å². The lowest BCUT2D eigenvalue weighted by Gasteiger charge is -2.25. The van der Waals surface area contributed by atoms with E-state index in [-0.39, 0.29) is 37.2 Å². The summed E-state index contributed by atoms with van der Waals surface area (Å²) in [5, 5.41) is 22.2. The van der Waals surface area contributed by atoms with Gasteiger partial charge in [-0.1, -0.05) is 56.3 Å². The second-order valence-electron chi connectivity index (χ2n) is 12.2. The van der Waals surface area contributed by atoms with Gasteiger partial charge in [0, 0.05) is 31.6 Å². The van der Waals surface area contributed by atoms with Crippen molar-refractivity contribution < 1.29 is 24.0 Å². The van der Waals surface area contributed by atoms with Crippen molar-refractivity contribution in [3.8, 4) is 0 Å². The molecule has 3 atom stereocenters. The summed E-state index contributed by atoms with van der Waals surface area (Å²) in [7, 11) is 0. The number of amides is 5. The zero-order chi connectivity index (χ0) is 33.8. The molecule has 2 aromatic carbocycles. The van der Waals surface area contributed by atoms with Crippen LogP contribution in [0.1, 0.15) is 61.5 Å². The maximum Gasteiger partial charge on any atom is 0.251 e. The molecule has 3 aromatic rings. The first kappa shape index (κ1) is 34.7. The summed E-state index contributed by atoms with van der Waals surface area (Å²) in [6, 6.07) is 13.4. The Balaban J connectivity index is 1.59. The summed E-state index contributed by atoms with van der Waals surface area (Å²) in [6.45, 7) is 6.46. The number of fused-ring (bicyclic) bond motifs is 18. The topological polar surface area (TPSA) is 180 Å². The maximum atomic E-state index is 13.7. The minimum absolute atomic E-state index is 0.0376. The highest BCUT2D eigenvalue weighted by Crippen LogP contribution is 2.13. The molecule has 0 saturated heterocycles. The maximum absolute atomic E-state index is 13.7. The van der Waals surface area contributed by atoms with Crippen LogP contribution in [0.3, 0.4) is 0 Å². The van der Waals surface area contributed by atoms with Gasteiger partial charge in [-0.2, -0.15) is 0 Å². The summed E-state index contributed by atoms with van der Waals surface area (Å²) >= 11 is 0. The predicted octanol–water partition coefficient (Wildman–Crippen LogP) is 0.989. The monoisotopic (exact) mass is 645 g/mol. The van der Waals surface area contributed by atoms with Crippen LogP contribution in [-0.4, -0.2) is 85.9 Å². The number of hydrogen-bond acceptors (Lipinski definition) is 8. The lowest BCUT2D eigenvalue weighted by atomic mass is 10.0. The van der Waals surface area contributed by atoms with E-state index in [4.69, 9.17) is 0 Å². The van der Waals surface area contributed by atoms with E-state index in [0.29, 0.717) is 37.9 Å². The molecule has 3 heterocycles. The smallest absolute Gasteiger partial charge is 0.251 e. The zero-order valence-corrected chi connectivity index (χ0v) is 27.0. The average molecular weight is 646 g/mol. The van der Waals surface area contributed by atoms with E-state index in [1.807, 2.05) is 44.2 Å². The van der Waals surface area contributed by atoms with Gasteiger partial charge in [0.05, 0.1) is 0 Å². The molecule has 14 heteroatoms. The Morgan fingerprint density at radius 2 is 1.62 bits per heavy atom. The number of nitrogens with one attached hydrogen (secondary N) is 4. The van der Waals surface area contributed by atoms with E-state index < -0.39 is 35.8 Å². The van der Waals surface area contributed by atoms with Crippen LogP contribution < -0.4 is 21.3 Å². The summed E-state index contributed by atoms with van der Waals surface area (Å²) in [5.41, 5.74) is 1.97. The number of carbonyl (C=O) groups is 5. The van der Waals surface area contributed by atoms with E-state index in [1.165, 1.54) is 11.0 Å². The van der Waals surface area contributed by atoms with Crippen LogP contribution in [0.5, 0.6) is 0 Å². The zero-order valence-electron chi connectivity index (χ0n) is 27.0. The fourth-order valence-corrected chi connectivity index (χ4v) is 5.21. The molecular formula is C33H43N9O5. The Kier molecular flexibility index (Phi) is 12.5. The van der Waals surface area contributed by atoms with Crippen molar-refractivity contribution >= 4 is 29.5 Å². The first-order valence-corrected chi connectivity index (χ1v) is 15.9. The largest absolute Gasteiger partial charge is 0.354 e. The molecule has 14 nitrogen and oxygen atoms in total. The van der Waals surface area contributed by atoms with Gasteiger partial charge in [0.2, 0.25) is 23.6 Å². The Morgan fingerprint density at radius 3 is 2.30 bits per heavy atom. The van der Waals surface area contributed by atoms with Gasteiger partial charge in [-0.25, -0.2) is 4.68 Å². The second-order valence-corrected chi connectivity index (χ2v) is 12.2. The van der Waals surface area contributed by atoms with Crippen LogP contribution in [0.4, 0.5) is 0 Å². The predicted molar refractivity (Wildman–Crippen MR) is 172 cm³/mol. The lowest BCUT2D eigenvalue weighted by Crippen LogP contribution is -2.57. The molecule has 47 heavy (non-hydrogen) atoms. The normalized spacial score (nSPS) is 20.5. The molecule has 1 aromatic heterocycles. The Morgan fingerprint density at radius 1 is 0.894 bits per heavy atom. The number of nitrogens with zero attached hydrogens (tertiary/aromatic N) is 5. The fraction of sp³-hybridized carbons (Fsp3) is 0.455. The van der Waals surface area contributed by atoms with Crippen LogP contribution in [0, 0.1) is 5.92 Å². The number of aromatic nitrogens is 4. The Hall–Kier alpha value is -5.14. The van der Waals surface area contributed by atoms with Crippen molar-refractivity contribution in [1.29, 1.82) is 0 Å². The third-order valence-corrected chi connectivity index (χ3v) is 7.78. The Labute approximate surface area is 274 Å². The molecular weight excluding hydrogens is 602 g/mol. The third-order valence-electron chi connectivity index (χ3n) is 7.78. The van der Waals surface area contributed by atoms with E-state index in [9.17, 15) is 24.0 Å². The molecule has 0 unspecified atom stereocenters. The molecule has 2 aliphatic rings. The molecule has 2 aliphatic heterocycles. The van der Waals surface area contributed by atoms with Crippen molar-refractivity contribution in [2.24, 2.45) is 5.92 Å². The number of rotatable bonds is 6. The number of tetrazole rings is 1. The second kappa shape index (κ2) is 17.0. The van der Waals surface area contributed by atoms with Gasteiger partial charge in [-0.3, -0.25) is 24.0 Å². The van der Waals surface area contributed by atoms with Gasteiger partial charge >= 0.3 is 0 Å². The SMILES string of the molecule is CC(C)C[C@@H]1NC(=O)[C@@H](Cc2ccccc2)NC(=O)c2ccc(cc2)CN(C(=O)Cn2cnnn2)CCCCNC(=O)[C@@H](C)NC1=O. The molecule has 0 fully saturated rings. The first-order valence-electron chi connectivity index (χ1n) is 15.9. The van der Waals surface area contributed by atoms with E-state index in [0.717, 1.165) is 11.1 Å². The summed E-state index contributed by atoms with van der Waals surface area (Å²) in [5.74, 6) is -1.95. The van der Waals surface area contributed by atoms with Crippen molar-refractivity contribution in [1.82, 2.24) is 46.4 Å². The molecule has 5 amide bonds. The van der Waals surface area contributed by atoms with Crippen LogP contribution in [0.15, 0.2) is 60.9 Å². The van der Waals surface area contributed by atoms with Gasteiger partial charge in [0.15, 0.2) is 0 Å². The molecule has 0 saturated carbocycles. The van der Waals surface area contributed by atoms with Gasteiger partial charge in [0.25, 0.3) is 5.91 Å². The number of benzene rings is 2. The van der Waals surface area contributed by atoms with Crippen LogP contribution in [0.25, 0.3) is 0 Å². The van der Waals surface area contributed by atoms with Crippen LogP contribution in [-0.2, 0) is 38.7 Å². The molecule has 0 spiro atoms. The van der Waals surface area contributed by atoms with Crippen molar-refractivity contribution in [2.45, 2.75) is 77.7 Å². The summed E-state index contributed by atoms with van der Waals surface area (Å²) in [4.78, 5) is 68.2. The van der Waals surface area contributed by atoms with Gasteiger partial charge in [-0.05, 0) is 65.8 Å². The molecule has 250 valence electrons. The van der Waals surface area contributed by atoms with E-state index in [2.05, 4.69) is 36.8 Å². The highest BCUT2D eigenvalue weighted by atomic mass is 16.2. The molecule has 5 rings (SSSR count). The van der Waals surface area contributed by atoms with Gasteiger partial charge in [-0.15, -0.1) is 5.10 Å². The Bertz CT molecular complexity index is 1500. The van der Waals surface area contributed by atoms with Crippen LogP contribution in [0.2, 0.25) is 0 Å². The standard InChI is InChI=1S/C33H43N9O5/c1-22(2)17-27-32(46)36-23(3)30(44)34-15-7-8-16-41(29(43)20-42-21-35-39-40-42)19-25-11-13-26(14-12-25)31(45)37-28(33(47)38-27)18-24-9-5-4-6-10-24/h4-6,9-14,21-23,27-28H,7-8,15-20H2,1-3H3,(H,34,44)(H,36,46)(H,37,45)(H,38,47)/t23-,27+,28-/m1/s1. The van der Waals surface area contributed by atoms with E-state index >= 15 is 0 Å². The minimum Gasteiger partial charge on any atom is -0.354 e. The molecule has 0 aliphatic carbocycles. The van der Waals surface area contributed by atoms with Gasteiger partial charge < -0.3 is 26.2 Å². The fourth-order valence-electron chi connectivity index (χ4n) is 5.21. The molecule has 2 bridgehead atoms. The van der Waals surface area contributed by atoms with Crippen molar-refractivity contribution in [3.05, 3.63) is 77.6 Å². The molecule has 4 N–H and O–H groups in total.